The summed E-state index contributed by atoms with van der Waals surface area (Å²) in [5.41, 5.74) is 4.55. The van der Waals surface area contributed by atoms with Crippen LogP contribution in [0.5, 0.6) is 0 Å². The van der Waals surface area contributed by atoms with Crippen LogP contribution in [0.15, 0.2) is 42.6 Å². The van der Waals surface area contributed by atoms with Gasteiger partial charge in [0.25, 0.3) is 0 Å². The smallest absolute Gasteiger partial charge is 0.246 e. The lowest BCUT2D eigenvalue weighted by Crippen LogP contribution is -2.32. The number of nitrogens with one attached hydrogen (secondary N) is 1. The van der Waals surface area contributed by atoms with E-state index in [0.717, 1.165) is 37.3 Å². The van der Waals surface area contributed by atoms with Gasteiger partial charge in [0, 0.05) is 62.4 Å². The third-order valence-electron chi connectivity index (χ3n) is 6.54. The van der Waals surface area contributed by atoms with Crippen molar-refractivity contribution in [2.75, 3.05) is 36.4 Å². The number of likely N-dealkylation sites (tertiary alicyclic amines) is 1. The Morgan fingerprint density at radius 2 is 1.90 bits per heavy atom. The van der Waals surface area contributed by atoms with Gasteiger partial charge in [-0.25, -0.2) is 4.98 Å². The van der Waals surface area contributed by atoms with Crippen LogP contribution in [0, 0.1) is 18.8 Å². The van der Waals surface area contributed by atoms with Gasteiger partial charge in [-0.2, -0.15) is 0 Å². The average Bonchev–Trinajstić information content (AvgIpc) is 3.31. The molecule has 2 saturated heterocycles. The lowest BCUT2D eigenvalue weighted by atomic mass is 10.0. The number of rotatable bonds is 3. The monoisotopic (exact) mass is 402 g/mol. The summed E-state index contributed by atoms with van der Waals surface area (Å²) < 4.78 is 0. The predicted molar refractivity (Wildman–Crippen MR) is 117 cm³/mol. The number of para-hydroxylation sites is 1. The number of aromatic nitrogens is 1. The van der Waals surface area contributed by atoms with E-state index in [-0.39, 0.29) is 11.8 Å². The summed E-state index contributed by atoms with van der Waals surface area (Å²) in [4.78, 5) is 33.0. The Bertz CT molecular complexity index is 1020. The number of fused-ring (bicyclic) bond motifs is 2. The van der Waals surface area contributed by atoms with Crippen LogP contribution >= 0.6 is 0 Å². The van der Waals surface area contributed by atoms with Gasteiger partial charge in [0.15, 0.2) is 0 Å². The number of carbonyl (C=O) groups excluding carboxylic acids is 2. The molecule has 154 valence electrons. The van der Waals surface area contributed by atoms with Crippen LogP contribution in [0.4, 0.5) is 11.5 Å². The van der Waals surface area contributed by atoms with Crippen LogP contribution in [0.1, 0.15) is 23.1 Å². The summed E-state index contributed by atoms with van der Waals surface area (Å²) in [6, 6.07) is 10.5. The molecule has 1 aromatic carbocycles. The van der Waals surface area contributed by atoms with E-state index in [9.17, 15) is 9.59 Å². The second kappa shape index (κ2) is 7.59. The highest BCUT2D eigenvalue weighted by atomic mass is 16.2. The molecule has 0 bridgehead atoms. The second-order valence-corrected chi connectivity index (χ2v) is 8.61. The van der Waals surface area contributed by atoms with Gasteiger partial charge < -0.3 is 15.1 Å². The van der Waals surface area contributed by atoms with Gasteiger partial charge in [0.1, 0.15) is 5.82 Å². The second-order valence-electron chi connectivity index (χ2n) is 8.61. The van der Waals surface area contributed by atoms with Crippen molar-refractivity contribution in [3.8, 4) is 0 Å². The van der Waals surface area contributed by atoms with Gasteiger partial charge in [-0.1, -0.05) is 18.2 Å². The van der Waals surface area contributed by atoms with Gasteiger partial charge in [-0.3, -0.25) is 9.59 Å². The Labute approximate surface area is 176 Å². The highest BCUT2D eigenvalue weighted by Gasteiger charge is 2.41. The number of benzene rings is 1. The molecule has 2 aromatic rings. The first-order chi connectivity index (χ1) is 14.6. The first-order valence-electron chi connectivity index (χ1n) is 10.6. The van der Waals surface area contributed by atoms with Crippen molar-refractivity contribution in [3.05, 3.63) is 59.3 Å². The summed E-state index contributed by atoms with van der Waals surface area (Å²) in [6.07, 6.45) is 6.37. The molecule has 0 saturated carbocycles. The third-order valence-corrected chi connectivity index (χ3v) is 6.54. The van der Waals surface area contributed by atoms with Crippen LogP contribution in [0.25, 0.3) is 6.08 Å². The molecule has 2 amide bonds. The fourth-order valence-corrected chi connectivity index (χ4v) is 4.93. The fraction of sp³-hybridized carbons (Fsp3) is 0.375. The Hall–Kier alpha value is -3.15. The van der Waals surface area contributed by atoms with Crippen LogP contribution < -0.4 is 10.2 Å². The van der Waals surface area contributed by atoms with E-state index in [1.807, 2.05) is 17.0 Å². The summed E-state index contributed by atoms with van der Waals surface area (Å²) >= 11 is 0. The summed E-state index contributed by atoms with van der Waals surface area (Å²) in [5, 5.41) is 2.78. The highest BCUT2D eigenvalue weighted by molar-refractivity contribution is 5.94. The number of hydrogen-bond donors (Lipinski definition) is 1. The van der Waals surface area contributed by atoms with Gasteiger partial charge in [0.2, 0.25) is 11.8 Å². The fourth-order valence-electron chi connectivity index (χ4n) is 4.93. The van der Waals surface area contributed by atoms with E-state index < -0.39 is 0 Å². The molecule has 4 heterocycles. The van der Waals surface area contributed by atoms with E-state index >= 15 is 0 Å². The number of anilines is 2. The molecular weight excluding hydrogens is 376 g/mol. The molecule has 1 N–H and O–H groups in total. The van der Waals surface area contributed by atoms with Crippen LogP contribution in [0.3, 0.4) is 0 Å². The van der Waals surface area contributed by atoms with Crippen molar-refractivity contribution in [2.45, 2.75) is 19.8 Å². The number of hydrogen-bond acceptors (Lipinski definition) is 4. The third kappa shape index (κ3) is 3.58. The van der Waals surface area contributed by atoms with Gasteiger partial charge in [-0.15, -0.1) is 0 Å². The lowest BCUT2D eigenvalue weighted by Gasteiger charge is -2.24. The SMILES string of the molecule is Cc1ccccc1N1C[C@H]2CN(C(=O)/C=C/c3cnc4c(c3)CCC(=O)N4)C[C@H]2C1. The van der Waals surface area contributed by atoms with E-state index in [0.29, 0.717) is 30.5 Å². The van der Waals surface area contributed by atoms with Crippen molar-refractivity contribution in [1.29, 1.82) is 0 Å². The van der Waals surface area contributed by atoms with Crippen LogP contribution in [-0.2, 0) is 16.0 Å². The number of aryl methyl sites for hydroxylation is 2. The van der Waals surface area contributed by atoms with E-state index in [1.54, 1.807) is 12.3 Å². The largest absolute Gasteiger partial charge is 0.371 e. The molecule has 2 atom stereocenters. The summed E-state index contributed by atoms with van der Waals surface area (Å²) in [5.74, 6) is 1.79. The molecule has 3 aliphatic rings. The molecule has 0 spiro atoms. The molecule has 3 aliphatic heterocycles. The maximum atomic E-state index is 12.7. The van der Waals surface area contributed by atoms with Crippen molar-refractivity contribution >= 4 is 29.4 Å². The van der Waals surface area contributed by atoms with Gasteiger partial charge in [-0.05, 0) is 48.2 Å². The zero-order valence-electron chi connectivity index (χ0n) is 17.2. The minimum Gasteiger partial charge on any atom is -0.371 e. The molecule has 0 radical (unpaired) electrons. The minimum absolute atomic E-state index is 0.00837. The molecule has 0 unspecified atom stereocenters. The quantitative estimate of drug-likeness (QED) is 0.802. The zero-order valence-corrected chi connectivity index (χ0v) is 17.2. The first kappa shape index (κ1) is 18.9. The lowest BCUT2D eigenvalue weighted by molar-refractivity contribution is -0.125. The molecule has 6 nitrogen and oxygen atoms in total. The van der Waals surface area contributed by atoms with Crippen molar-refractivity contribution in [2.24, 2.45) is 11.8 Å². The Morgan fingerprint density at radius 3 is 2.67 bits per heavy atom. The van der Waals surface area contributed by atoms with E-state index in [2.05, 4.69) is 46.4 Å². The predicted octanol–water partition coefficient (Wildman–Crippen LogP) is 2.88. The van der Waals surface area contributed by atoms with Gasteiger partial charge in [0.05, 0.1) is 0 Å². The van der Waals surface area contributed by atoms with Crippen molar-refractivity contribution < 1.29 is 9.59 Å². The number of carbonyl (C=O) groups is 2. The minimum atomic E-state index is 0.00837. The number of amides is 2. The highest BCUT2D eigenvalue weighted by Crippen LogP contribution is 2.35. The van der Waals surface area contributed by atoms with Crippen molar-refractivity contribution in [3.63, 3.8) is 0 Å². The van der Waals surface area contributed by atoms with Gasteiger partial charge >= 0.3 is 0 Å². The van der Waals surface area contributed by atoms with E-state index in [1.165, 1.54) is 11.3 Å². The van der Waals surface area contributed by atoms with Crippen LogP contribution in [-0.4, -0.2) is 47.9 Å². The topological polar surface area (TPSA) is 65.5 Å². The molecule has 0 aliphatic carbocycles. The zero-order chi connectivity index (χ0) is 20.7. The standard InChI is InChI=1S/C24H26N4O2/c1-16-4-2-3-5-21(16)27-12-19-14-28(15-20(19)13-27)23(30)9-6-17-10-18-7-8-22(29)26-24(18)25-11-17/h2-6,9-11,19-20H,7-8,12-15H2,1H3,(H,25,26,29)/b9-6+/t19-,20+. The molecule has 2 fully saturated rings. The van der Waals surface area contributed by atoms with Crippen molar-refractivity contribution in [1.82, 2.24) is 9.88 Å². The summed E-state index contributed by atoms with van der Waals surface area (Å²) in [7, 11) is 0. The maximum absolute atomic E-state index is 12.7. The molecule has 1 aromatic heterocycles. The average molecular weight is 402 g/mol. The molecule has 5 rings (SSSR count). The molecule has 6 heteroatoms. The summed E-state index contributed by atoms with van der Waals surface area (Å²) in [6.45, 7) is 5.84. The number of pyridine rings is 1. The van der Waals surface area contributed by atoms with E-state index in [4.69, 9.17) is 0 Å². The van der Waals surface area contributed by atoms with Crippen LogP contribution in [0.2, 0.25) is 0 Å². The Morgan fingerprint density at radius 1 is 1.13 bits per heavy atom. The molecular formula is C24H26N4O2. The Balaban J connectivity index is 1.20. The molecule has 30 heavy (non-hydrogen) atoms. The Kier molecular flexibility index (Phi) is 4.77. The first-order valence-corrected chi connectivity index (χ1v) is 10.6. The number of nitrogens with zero attached hydrogens (tertiary/aromatic N) is 3. The normalized spacial score (nSPS) is 22.9. The maximum Gasteiger partial charge on any atom is 0.246 e.